The maximum Gasteiger partial charge on any atom is 0.0645 e. The molecule has 0 N–H and O–H groups in total. The molecule has 262 valence electrons. The molecule has 11 aromatic rings. The van der Waals surface area contributed by atoms with Crippen LogP contribution in [0.5, 0.6) is 0 Å². The van der Waals surface area contributed by atoms with Crippen LogP contribution in [0.1, 0.15) is 4.11 Å². The van der Waals surface area contributed by atoms with Crippen LogP contribution >= 0.6 is 0 Å². The predicted octanol–water partition coefficient (Wildman–Crippen LogP) is 14.5. The first kappa shape index (κ1) is 29.0. The Hall–Kier alpha value is -7.42. The lowest BCUT2D eigenvalue weighted by Crippen LogP contribution is -1.94. The molecular weight excluding hydrogens is 677 g/mol. The Morgan fingerprint density at radius 2 is 0.768 bits per heavy atom. The molecule has 2 aromatic heterocycles. The van der Waals surface area contributed by atoms with Crippen LogP contribution in [0.2, 0.25) is 0 Å². The van der Waals surface area contributed by atoms with E-state index in [2.05, 4.69) is 161 Å². The van der Waals surface area contributed by atoms with Gasteiger partial charge in [-0.05, 0) is 111 Å². The van der Waals surface area contributed by atoms with E-state index in [1.165, 1.54) is 5.56 Å². The van der Waals surface area contributed by atoms with E-state index >= 15 is 0 Å². The van der Waals surface area contributed by atoms with Gasteiger partial charge in [0.15, 0.2) is 0 Å². The molecule has 0 aliphatic carbocycles. The summed E-state index contributed by atoms with van der Waals surface area (Å²) in [5.74, 6) is 0. The van der Waals surface area contributed by atoms with Gasteiger partial charge in [0.25, 0.3) is 0 Å². The van der Waals surface area contributed by atoms with Gasteiger partial charge >= 0.3 is 0 Å². The van der Waals surface area contributed by atoms with Crippen molar-refractivity contribution in [3.8, 4) is 55.9 Å². The summed E-state index contributed by atoms with van der Waals surface area (Å²) in [6.07, 6.45) is 0. The summed E-state index contributed by atoms with van der Waals surface area (Å²) in [6, 6.07) is 69.4. The largest absolute Gasteiger partial charge is 0.309 e. The van der Waals surface area contributed by atoms with E-state index in [4.69, 9.17) is 0 Å². The molecule has 0 spiro atoms. The third-order valence-corrected chi connectivity index (χ3v) is 11.1. The van der Waals surface area contributed by atoms with E-state index < -0.39 is 0 Å². The SMILES string of the molecule is [2H]c1c(-c2ccc3c(c2)c2ccccc2n3-c2ccc(-c3ccccc3)cc2)c([2H])c2c3cc(-c4ccccc4-c4ccccc4)ccc3n(-c3ccccc3)c2c1[2H]. The Morgan fingerprint density at radius 1 is 0.286 bits per heavy atom. The van der Waals surface area contributed by atoms with Crippen LogP contribution < -0.4 is 0 Å². The van der Waals surface area contributed by atoms with Crippen molar-refractivity contribution in [1.82, 2.24) is 9.13 Å². The van der Waals surface area contributed by atoms with Crippen LogP contribution in [0.4, 0.5) is 0 Å². The van der Waals surface area contributed by atoms with Gasteiger partial charge in [0.2, 0.25) is 0 Å². The van der Waals surface area contributed by atoms with Gasteiger partial charge in [0.05, 0.1) is 26.2 Å². The average molecular weight is 716 g/mol. The normalized spacial score (nSPS) is 12.3. The number of rotatable bonds is 6. The smallest absolute Gasteiger partial charge is 0.0645 e. The van der Waals surface area contributed by atoms with Gasteiger partial charge in [0, 0.05) is 32.9 Å². The standard InChI is InChI=1S/C54H36N2/c1-4-14-37(15-5-1)38-24-29-44(30-25-38)56-51-23-13-12-22-47(51)48-34-40(26-31-52(48)56)41-27-32-53-49(35-41)50-36-42(28-33-54(50)55(53)43-18-8-3-9-19-43)46-21-11-10-20-45(46)39-16-6-2-7-17-39/h1-36H/i27D,32D,35D. The van der Waals surface area contributed by atoms with E-state index in [0.717, 1.165) is 77.5 Å². The minimum Gasteiger partial charge on any atom is -0.309 e. The maximum absolute atomic E-state index is 10.0. The molecule has 11 rings (SSSR count). The third-order valence-electron chi connectivity index (χ3n) is 11.1. The summed E-state index contributed by atoms with van der Waals surface area (Å²) in [5, 5.41) is 3.66. The first-order valence-electron chi connectivity index (χ1n) is 20.5. The molecular formula is C54H36N2. The summed E-state index contributed by atoms with van der Waals surface area (Å²) in [4.78, 5) is 0. The molecule has 0 atom stereocenters. The number of nitrogens with zero attached hydrogens (tertiary/aromatic N) is 2. The third kappa shape index (κ3) is 5.26. The maximum atomic E-state index is 10.0. The number of para-hydroxylation sites is 2. The molecule has 56 heavy (non-hydrogen) atoms. The van der Waals surface area contributed by atoms with Crippen molar-refractivity contribution in [2.45, 2.75) is 0 Å². The van der Waals surface area contributed by atoms with Gasteiger partial charge in [-0.2, -0.15) is 0 Å². The van der Waals surface area contributed by atoms with Gasteiger partial charge in [-0.25, -0.2) is 0 Å². The van der Waals surface area contributed by atoms with Crippen molar-refractivity contribution in [2.24, 2.45) is 0 Å². The number of hydrogen-bond acceptors (Lipinski definition) is 0. The molecule has 2 nitrogen and oxygen atoms in total. The second-order valence-electron chi connectivity index (χ2n) is 14.3. The Kier molecular flexibility index (Phi) is 6.81. The molecule has 0 radical (unpaired) electrons. The second-order valence-corrected chi connectivity index (χ2v) is 14.3. The molecule has 2 heterocycles. The molecule has 2 heteroatoms. The van der Waals surface area contributed by atoms with Gasteiger partial charge in [-0.15, -0.1) is 0 Å². The predicted molar refractivity (Wildman–Crippen MR) is 237 cm³/mol. The Morgan fingerprint density at radius 3 is 1.50 bits per heavy atom. The number of fused-ring (bicyclic) bond motifs is 6. The fourth-order valence-corrected chi connectivity index (χ4v) is 8.42. The highest BCUT2D eigenvalue weighted by atomic mass is 15.0. The van der Waals surface area contributed by atoms with E-state index in [-0.39, 0.29) is 18.1 Å². The Balaban J connectivity index is 1.13. The van der Waals surface area contributed by atoms with Crippen LogP contribution in [0.15, 0.2) is 218 Å². The molecule has 0 fully saturated rings. The van der Waals surface area contributed by atoms with E-state index in [1.807, 2.05) is 48.5 Å². The second kappa shape index (κ2) is 13.2. The fourth-order valence-electron chi connectivity index (χ4n) is 8.42. The quantitative estimate of drug-likeness (QED) is 0.162. The van der Waals surface area contributed by atoms with Crippen LogP contribution in [0.25, 0.3) is 99.5 Å². The zero-order chi connectivity index (χ0) is 39.6. The molecule has 0 bridgehead atoms. The lowest BCUT2D eigenvalue weighted by atomic mass is 9.93. The van der Waals surface area contributed by atoms with Crippen molar-refractivity contribution in [2.75, 3.05) is 0 Å². The highest BCUT2D eigenvalue weighted by Crippen LogP contribution is 2.41. The molecule has 0 aliphatic heterocycles. The molecule has 0 saturated carbocycles. The van der Waals surface area contributed by atoms with Crippen molar-refractivity contribution < 1.29 is 4.11 Å². The minimum absolute atomic E-state index is 0.0386. The van der Waals surface area contributed by atoms with Crippen molar-refractivity contribution in [3.63, 3.8) is 0 Å². The van der Waals surface area contributed by atoms with Gasteiger partial charge < -0.3 is 9.13 Å². The van der Waals surface area contributed by atoms with Crippen molar-refractivity contribution in [1.29, 1.82) is 0 Å². The Labute approximate surface area is 330 Å². The molecule has 0 saturated heterocycles. The van der Waals surface area contributed by atoms with Crippen molar-refractivity contribution in [3.05, 3.63) is 218 Å². The van der Waals surface area contributed by atoms with E-state index in [9.17, 15) is 4.11 Å². The van der Waals surface area contributed by atoms with Gasteiger partial charge in [0.1, 0.15) is 0 Å². The summed E-state index contributed by atoms with van der Waals surface area (Å²) < 4.78 is 33.6. The molecule has 0 unspecified atom stereocenters. The first-order chi connectivity index (χ1) is 29.0. The average Bonchev–Trinajstić information content (AvgIpc) is 3.82. The topological polar surface area (TPSA) is 9.86 Å². The zero-order valence-electron chi connectivity index (χ0n) is 33.4. The summed E-state index contributed by atoms with van der Waals surface area (Å²) in [5.41, 5.74) is 13.4. The van der Waals surface area contributed by atoms with Gasteiger partial charge in [-0.3, -0.25) is 0 Å². The van der Waals surface area contributed by atoms with E-state index in [1.54, 1.807) is 0 Å². The van der Waals surface area contributed by atoms with E-state index in [0.29, 0.717) is 16.5 Å². The first-order valence-corrected chi connectivity index (χ1v) is 19.0. The zero-order valence-corrected chi connectivity index (χ0v) is 30.4. The van der Waals surface area contributed by atoms with Gasteiger partial charge in [-0.1, -0.05) is 152 Å². The number of aromatic nitrogens is 2. The van der Waals surface area contributed by atoms with Crippen LogP contribution in [-0.2, 0) is 0 Å². The lowest BCUT2D eigenvalue weighted by Gasteiger charge is -2.11. The molecule has 9 aromatic carbocycles. The summed E-state index contributed by atoms with van der Waals surface area (Å²) in [6.45, 7) is 0. The number of hydrogen-bond donors (Lipinski definition) is 0. The molecule has 0 amide bonds. The summed E-state index contributed by atoms with van der Waals surface area (Å²) in [7, 11) is 0. The lowest BCUT2D eigenvalue weighted by molar-refractivity contribution is 1.18. The highest BCUT2D eigenvalue weighted by molar-refractivity contribution is 6.13. The minimum atomic E-state index is 0.0386. The number of benzene rings is 9. The van der Waals surface area contributed by atoms with Crippen LogP contribution in [0.3, 0.4) is 0 Å². The Bertz CT molecular complexity index is 3390. The highest BCUT2D eigenvalue weighted by Gasteiger charge is 2.18. The van der Waals surface area contributed by atoms with Crippen molar-refractivity contribution >= 4 is 43.6 Å². The fraction of sp³-hybridized carbons (Fsp3) is 0. The molecule has 0 aliphatic rings. The summed E-state index contributed by atoms with van der Waals surface area (Å²) >= 11 is 0. The van der Waals surface area contributed by atoms with Crippen LogP contribution in [-0.4, -0.2) is 9.13 Å². The monoisotopic (exact) mass is 715 g/mol. The van der Waals surface area contributed by atoms with Crippen LogP contribution in [0, 0.1) is 0 Å².